The van der Waals surface area contributed by atoms with Gasteiger partial charge < -0.3 is 19.3 Å². The normalized spacial score (nSPS) is 49.1. The lowest BCUT2D eigenvalue weighted by Crippen LogP contribution is -2.60. The molecule has 4 unspecified atom stereocenters. The quantitative estimate of drug-likeness (QED) is 0.547. The first-order valence-electron chi connectivity index (χ1n) is 11.1. The molecule has 0 aromatic rings. The third-order valence-electron chi connectivity index (χ3n) is 9.11. The van der Waals surface area contributed by atoms with Gasteiger partial charge in [0.1, 0.15) is 6.10 Å². The molecule has 1 aliphatic heterocycles. The molecule has 1 saturated heterocycles. The van der Waals surface area contributed by atoms with Crippen LogP contribution in [-0.4, -0.2) is 42.3 Å². The van der Waals surface area contributed by atoms with E-state index in [1.54, 1.807) is 0 Å². The highest BCUT2D eigenvalue weighted by atomic mass is 16.7. The summed E-state index contributed by atoms with van der Waals surface area (Å²) >= 11 is 0. The van der Waals surface area contributed by atoms with Gasteiger partial charge in [-0.2, -0.15) is 0 Å². The largest absolute Gasteiger partial charge is 0.462 e. The summed E-state index contributed by atoms with van der Waals surface area (Å²) < 4.78 is 18.5. The van der Waals surface area contributed by atoms with Crippen LogP contribution in [0.1, 0.15) is 65.7 Å². The molecule has 0 amide bonds. The Labute approximate surface area is 167 Å². The van der Waals surface area contributed by atoms with Crippen LogP contribution in [0.2, 0.25) is 0 Å². The topological polar surface area (TPSA) is 65.0 Å². The van der Waals surface area contributed by atoms with E-state index in [2.05, 4.69) is 19.9 Å². The minimum Gasteiger partial charge on any atom is -0.462 e. The van der Waals surface area contributed by atoms with Crippen molar-refractivity contribution in [3.8, 4) is 0 Å². The summed E-state index contributed by atoms with van der Waals surface area (Å²) in [4.78, 5) is 12.1. The SMILES string of the molecule is CC(=O)O[C@H]1C[C@@]2(C)C(CCC23OCCO3)C2CC=C3CC(O)CC[C@]3(C)C21. The van der Waals surface area contributed by atoms with Crippen LogP contribution in [0.4, 0.5) is 0 Å². The van der Waals surface area contributed by atoms with Crippen molar-refractivity contribution in [3.63, 3.8) is 0 Å². The summed E-state index contributed by atoms with van der Waals surface area (Å²) in [5.41, 5.74) is 1.27. The molecule has 1 heterocycles. The molecule has 0 aromatic heterocycles. The smallest absolute Gasteiger partial charge is 0.302 e. The van der Waals surface area contributed by atoms with E-state index in [0.29, 0.717) is 31.0 Å². The van der Waals surface area contributed by atoms with E-state index in [9.17, 15) is 9.90 Å². The fraction of sp³-hybridized carbons (Fsp3) is 0.870. The number of carbonyl (C=O) groups is 1. The van der Waals surface area contributed by atoms with E-state index >= 15 is 0 Å². The summed E-state index contributed by atoms with van der Waals surface area (Å²) in [6, 6.07) is 0. The highest BCUT2D eigenvalue weighted by molar-refractivity contribution is 5.66. The van der Waals surface area contributed by atoms with Gasteiger partial charge in [0.2, 0.25) is 0 Å². The second-order valence-corrected chi connectivity index (χ2v) is 10.3. The molecule has 1 N–H and O–H groups in total. The molecular formula is C23H34O5. The van der Waals surface area contributed by atoms with Gasteiger partial charge in [0, 0.05) is 24.7 Å². The predicted octanol–water partition coefficient (Wildman–Crippen LogP) is 3.59. The molecule has 0 bridgehead atoms. The Bertz CT molecular complexity index is 695. The molecule has 28 heavy (non-hydrogen) atoms. The number of carbonyl (C=O) groups excluding carboxylic acids is 1. The van der Waals surface area contributed by atoms with Crippen LogP contribution in [0.15, 0.2) is 11.6 Å². The fourth-order valence-electron chi connectivity index (χ4n) is 7.94. The third-order valence-corrected chi connectivity index (χ3v) is 9.11. The Hall–Kier alpha value is -0.910. The molecule has 0 aromatic carbocycles. The lowest BCUT2D eigenvalue weighted by molar-refractivity contribution is -0.258. The monoisotopic (exact) mass is 390 g/mol. The number of hydrogen-bond donors (Lipinski definition) is 1. The van der Waals surface area contributed by atoms with Gasteiger partial charge in [-0.1, -0.05) is 25.5 Å². The maximum absolute atomic E-state index is 12.1. The Kier molecular flexibility index (Phi) is 4.29. The molecular weight excluding hydrogens is 356 g/mol. The first-order chi connectivity index (χ1) is 13.3. The van der Waals surface area contributed by atoms with E-state index < -0.39 is 5.79 Å². The highest BCUT2D eigenvalue weighted by Crippen LogP contribution is 2.69. The van der Waals surface area contributed by atoms with Crippen molar-refractivity contribution < 1.29 is 24.1 Å². The van der Waals surface area contributed by atoms with Crippen LogP contribution in [0.3, 0.4) is 0 Å². The van der Waals surface area contributed by atoms with Crippen molar-refractivity contribution in [2.75, 3.05) is 13.2 Å². The maximum Gasteiger partial charge on any atom is 0.302 e. The summed E-state index contributed by atoms with van der Waals surface area (Å²) in [5.74, 6) is 0.609. The molecule has 5 aliphatic rings. The van der Waals surface area contributed by atoms with Crippen molar-refractivity contribution in [1.29, 1.82) is 0 Å². The Morgan fingerprint density at radius 3 is 2.68 bits per heavy atom. The number of fused-ring (bicyclic) bond motifs is 6. The Morgan fingerprint density at radius 1 is 1.21 bits per heavy atom. The zero-order valence-electron chi connectivity index (χ0n) is 17.4. The van der Waals surface area contributed by atoms with Crippen LogP contribution in [0, 0.1) is 28.6 Å². The summed E-state index contributed by atoms with van der Waals surface area (Å²) in [5, 5.41) is 10.2. The van der Waals surface area contributed by atoms with Crippen LogP contribution >= 0.6 is 0 Å². The number of hydrogen-bond acceptors (Lipinski definition) is 5. The molecule has 5 rings (SSSR count). The van der Waals surface area contributed by atoms with Gasteiger partial charge in [0.05, 0.1) is 19.3 Å². The molecule has 1 spiro atoms. The Morgan fingerprint density at radius 2 is 1.96 bits per heavy atom. The number of aliphatic hydroxyl groups excluding tert-OH is 1. The highest BCUT2D eigenvalue weighted by Gasteiger charge is 2.69. The van der Waals surface area contributed by atoms with Gasteiger partial charge in [0.25, 0.3) is 0 Å². The van der Waals surface area contributed by atoms with E-state index in [1.807, 2.05) is 0 Å². The predicted molar refractivity (Wildman–Crippen MR) is 103 cm³/mol. The van der Waals surface area contributed by atoms with E-state index in [0.717, 1.165) is 44.9 Å². The lowest BCUT2D eigenvalue weighted by Gasteiger charge is -2.60. The van der Waals surface area contributed by atoms with E-state index in [-0.39, 0.29) is 29.0 Å². The average molecular weight is 391 g/mol. The van der Waals surface area contributed by atoms with Crippen LogP contribution in [0.25, 0.3) is 0 Å². The molecule has 5 nitrogen and oxygen atoms in total. The molecule has 156 valence electrons. The molecule has 4 aliphatic carbocycles. The van der Waals surface area contributed by atoms with Gasteiger partial charge in [-0.25, -0.2) is 0 Å². The third kappa shape index (κ3) is 2.45. The van der Waals surface area contributed by atoms with Crippen LogP contribution in [-0.2, 0) is 19.0 Å². The van der Waals surface area contributed by atoms with Crippen LogP contribution in [0.5, 0.6) is 0 Å². The van der Waals surface area contributed by atoms with Crippen LogP contribution < -0.4 is 0 Å². The van der Waals surface area contributed by atoms with Crippen molar-refractivity contribution in [2.45, 2.75) is 83.7 Å². The van der Waals surface area contributed by atoms with E-state index in [4.69, 9.17) is 14.2 Å². The molecule has 5 heteroatoms. The number of esters is 1. The summed E-state index contributed by atoms with van der Waals surface area (Å²) in [6.45, 7) is 7.52. The van der Waals surface area contributed by atoms with Crippen molar-refractivity contribution >= 4 is 5.97 Å². The van der Waals surface area contributed by atoms with Crippen molar-refractivity contribution in [2.24, 2.45) is 28.6 Å². The lowest BCUT2D eigenvalue weighted by atomic mass is 9.46. The first-order valence-corrected chi connectivity index (χ1v) is 11.1. The zero-order valence-corrected chi connectivity index (χ0v) is 17.4. The first kappa shape index (κ1) is 19.1. The van der Waals surface area contributed by atoms with E-state index in [1.165, 1.54) is 12.5 Å². The summed E-state index contributed by atoms with van der Waals surface area (Å²) in [7, 11) is 0. The second kappa shape index (κ2) is 6.29. The fourth-order valence-corrected chi connectivity index (χ4v) is 7.94. The van der Waals surface area contributed by atoms with Crippen molar-refractivity contribution in [1.82, 2.24) is 0 Å². The number of allylic oxidation sites excluding steroid dienone is 1. The average Bonchev–Trinajstić information content (AvgIpc) is 3.21. The van der Waals surface area contributed by atoms with Gasteiger partial charge in [-0.05, 0) is 55.8 Å². The van der Waals surface area contributed by atoms with Gasteiger partial charge in [0.15, 0.2) is 5.79 Å². The van der Waals surface area contributed by atoms with Gasteiger partial charge in [-0.3, -0.25) is 4.79 Å². The minimum atomic E-state index is -0.505. The second-order valence-electron chi connectivity index (χ2n) is 10.3. The molecule has 7 atom stereocenters. The molecule has 0 radical (unpaired) electrons. The standard InChI is InChI=1S/C23H34O5/c1-14(24)28-19-13-22(3)18(7-9-23(22)26-10-11-27-23)17-5-4-15-12-16(25)6-8-21(15,2)20(17)19/h4,16-20,25H,5-13H2,1-3H3/t16?,17?,18?,19-,20?,21-,22-/m0/s1. The Balaban J connectivity index is 1.57. The number of aliphatic hydroxyl groups is 1. The maximum atomic E-state index is 12.1. The van der Waals surface area contributed by atoms with Gasteiger partial charge in [-0.15, -0.1) is 0 Å². The number of ether oxygens (including phenoxy) is 3. The minimum absolute atomic E-state index is 0.0107. The van der Waals surface area contributed by atoms with Crippen molar-refractivity contribution in [3.05, 3.63) is 11.6 Å². The molecule has 4 fully saturated rings. The molecule has 3 saturated carbocycles. The summed E-state index contributed by atoms with van der Waals surface area (Å²) in [6.07, 6.45) is 8.51. The van der Waals surface area contributed by atoms with Gasteiger partial charge >= 0.3 is 5.97 Å². The number of rotatable bonds is 1. The zero-order chi connectivity index (χ0) is 19.7.